The lowest BCUT2D eigenvalue weighted by molar-refractivity contribution is 0.405. The van der Waals surface area contributed by atoms with E-state index in [4.69, 9.17) is 10.5 Å². The van der Waals surface area contributed by atoms with Crippen LogP contribution in [0.1, 0.15) is 43.4 Å². The zero-order chi connectivity index (χ0) is 12.8. The molecule has 1 aromatic rings. The van der Waals surface area contributed by atoms with Crippen LogP contribution in [0.5, 0.6) is 5.75 Å². The van der Waals surface area contributed by atoms with E-state index in [1.807, 2.05) is 17.8 Å². The van der Waals surface area contributed by atoms with E-state index in [0.717, 1.165) is 23.5 Å². The first-order valence-corrected chi connectivity index (χ1v) is 7.41. The molecule has 17 heavy (non-hydrogen) atoms. The Balaban J connectivity index is 2.96. The van der Waals surface area contributed by atoms with Gasteiger partial charge in [-0.25, -0.2) is 0 Å². The van der Waals surface area contributed by atoms with Crippen molar-refractivity contribution >= 4 is 11.8 Å². The lowest BCUT2D eigenvalue weighted by Gasteiger charge is -2.17. The first kappa shape index (κ1) is 14.4. The molecule has 0 spiro atoms. The van der Waals surface area contributed by atoms with Gasteiger partial charge in [0.2, 0.25) is 0 Å². The quantitative estimate of drug-likeness (QED) is 0.841. The zero-order valence-corrected chi connectivity index (χ0v) is 12.0. The third-order valence-electron chi connectivity index (χ3n) is 2.95. The summed E-state index contributed by atoms with van der Waals surface area (Å²) in [6.07, 6.45) is 3.09. The average Bonchev–Trinajstić information content (AvgIpc) is 2.34. The smallest absolute Gasteiger partial charge is 0.123 e. The second kappa shape index (κ2) is 6.92. The Morgan fingerprint density at radius 3 is 2.59 bits per heavy atom. The summed E-state index contributed by atoms with van der Waals surface area (Å²) in [4.78, 5) is 0. The number of benzene rings is 1. The van der Waals surface area contributed by atoms with Gasteiger partial charge in [0.1, 0.15) is 5.75 Å². The van der Waals surface area contributed by atoms with Gasteiger partial charge in [-0.3, -0.25) is 0 Å². The van der Waals surface area contributed by atoms with Gasteiger partial charge in [0.25, 0.3) is 0 Å². The third kappa shape index (κ3) is 3.93. The van der Waals surface area contributed by atoms with Crippen LogP contribution in [0.4, 0.5) is 0 Å². The molecule has 0 saturated carbocycles. The molecule has 1 rings (SSSR count). The molecule has 3 heteroatoms. The van der Waals surface area contributed by atoms with Crippen molar-refractivity contribution in [2.75, 3.05) is 19.1 Å². The number of hydrogen-bond acceptors (Lipinski definition) is 3. The normalized spacial score (nSPS) is 12.8. The van der Waals surface area contributed by atoms with E-state index in [1.54, 1.807) is 7.11 Å². The van der Waals surface area contributed by atoms with Gasteiger partial charge in [0.15, 0.2) is 0 Å². The molecule has 0 aliphatic rings. The number of ether oxygens (including phenoxy) is 1. The minimum absolute atomic E-state index is 0.0658. The Kier molecular flexibility index (Phi) is 5.86. The second-order valence-corrected chi connectivity index (χ2v) is 5.53. The average molecular weight is 253 g/mol. The summed E-state index contributed by atoms with van der Waals surface area (Å²) in [6, 6.07) is 6.41. The van der Waals surface area contributed by atoms with Crippen molar-refractivity contribution in [3.63, 3.8) is 0 Å². The summed E-state index contributed by atoms with van der Waals surface area (Å²) >= 11 is 1.83. The van der Waals surface area contributed by atoms with Gasteiger partial charge in [-0.1, -0.05) is 26.0 Å². The molecule has 2 nitrogen and oxygen atoms in total. The fraction of sp³-hybridized carbons (Fsp3) is 0.571. The predicted octanol–water partition coefficient (Wildman–Crippen LogP) is 3.57. The molecule has 0 amide bonds. The molecule has 0 fully saturated rings. The summed E-state index contributed by atoms with van der Waals surface area (Å²) in [7, 11) is 1.70. The van der Waals surface area contributed by atoms with Crippen molar-refractivity contribution in [1.82, 2.24) is 0 Å². The van der Waals surface area contributed by atoms with E-state index in [2.05, 4.69) is 32.2 Å². The predicted molar refractivity (Wildman–Crippen MR) is 77.0 cm³/mol. The number of nitrogens with two attached hydrogens (primary N) is 1. The molecule has 0 radical (unpaired) electrons. The fourth-order valence-corrected chi connectivity index (χ4v) is 2.29. The number of rotatable bonds is 6. The van der Waals surface area contributed by atoms with E-state index in [0.29, 0.717) is 5.92 Å². The minimum Gasteiger partial charge on any atom is -0.496 e. The Bertz CT molecular complexity index is 352. The van der Waals surface area contributed by atoms with Crippen molar-refractivity contribution in [1.29, 1.82) is 0 Å². The lowest BCUT2D eigenvalue weighted by atomic mass is 9.96. The van der Waals surface area contributed by atoms with Gasteiger partial charge in [0, 0.05) is 11.6 Å². The summed E-state index contributed by atoms with van der Waals surface area (Å²) in [5, 5.41) is 0. The Morgan fingerprint density at radius 2 is 2.06 bits per heavy atom. The van der Waals surface area contributed by atoms with Gasteiger partial charge >= 0.3 is 0 Å². The first-order valence-electron chi connectivity index (χ1n) is 6.02. The zero-order valence-electron chi connectivity index (χ0n) is 11.2. The van der Waals surface area contributed by atoms with Crippen molar-refractivity contribution < 1.29 is 4.74 Å². The Labute approximate surface area is 109 Å². The summed E-state index contributed by atoms with van der Waals surface area (Å²) < 4.78 is 5.39. The van der Waals surface area contributed by atoms with Crippen LogP contribution >= 0.6 is 11.8 Å². The van der Waals surface area contributed by atoms with Crippen LogP contribution in [-0.4, -0.2) is 19.1 Å². The molecule has 0 heterocycles. The number of hydrogen-bond donors (Lipinski definition) is 1. The Hall–Kier alpha value is -0.670. The topological polar surface area (TPSA) is 35.2 Å². The maximum Gasteiger partial charge on any atom is 0.123 e. The number of thioether (sulfide) groups is 1. The molecule has 1 atom stereocenters. The fourth-order valence-electron chi connectivity index (χ4n) is 1.80. The van der Waals surface area contributed by atoms with Crippen LogP contribution in [-0.2, 0) is 0 Å². The van der Waals surface area contributed by atoms with E-state index >= 15 is 0 Å². The van der Waals surface area contributed by atoms with Crippen LogP contribution < -0.4 is 10.5 Å². The van der Waals surface area contributed by atoms with Crippen molar-refractivity contribution in [3.05, 3.63) is 29.3 Å². The molecule has 1 aromatic carbocycles. The highest BCUT2D eigenvalue weighted by Crippen LogP contribution is 2.29. The summed E-state index contributed by atoms with van der Waals surface area (Å²) in [5.41, 5.74) is 8.69. The highest BCUT2D eigenvalue weighted by atomic mass is 32.2. The monoisotopic (exact) mass is 253 g/mol. The molecule has 96 valence electrons. The van der Waals surface area contributed by atoms with E-state index in [1.165, 1.54) is 5.56 Å². The molecular formula is C14H23NOS. The molecule has 1 unspecified atom stereocenters. The molecule has 0 saturated heterocycles. The molecule has 0 aromatic heterocycles. The van der Waals surface area contributed by atoms with Crippen molar-refractivity contribution in [2.45, 2.75) is 32.2 Å². The summed E-state index contributed by atoms with van der Waals surface area (Å²) in [5.74, 6) is 2.51. The largest absolute Gasteiger partial charge is 0.496 e. The molecule has 0 aliphatic heterocycles. The maximum absolute atomic E-state index is 6.23. The summed E-state index contributed by atoms with van der Waals surface area (Å²) in [6.45, 7) is 4.39. The first-order chi connectivity index (χ1) is 8.10. The maximum atomic E-state index is 6.23. The Morgan fingerprint density at radius 1 is 1.35 bits per heavy atom. The SMILES string of the molecule is COc1ccc(C(C)C)cc1C(N)CCSC. The molecule has 0 bridgehead atoms. The second-order valence-electron chi connectivity index (χ2n) is 4.54. The van der Waals surface area contributed by atoms with E-state index < -0.39 is 0 Å². The van der Waals surface area contributed by atoms with Crippen LogP contribution in [0.3, 0.4) is 0 Å². The number of methoxy groups -OCH3 is 1. The minimum atomic E-state index is 0.0658. The van der Waals surface area contributed by atoms with Crippen LogP contribution in [0.2, 0.25) is 0 Å². The standard InChI is InChI=1S/C14H23NOS/c1-10(2)11-5-6-14(16-3)12(9-11)13(15)7-8-17-4/h5-6,9-10,13H,7-8,15H2,1-4H3. The highest BCUT2D eigenvalue weighted by molar-refractivity contribution is 7.98. The van der Waals surface area contributed by atoms with E-state index in [-0.39, 0.29) is 6.04 Å². The van der Waals surface area contributed by atoms with Gasteiger partial charge in [-0.05, 0) is 36.0 Å². The lowest BCUT2D eigenvalue weighted by Crippen LogP contribution is -2.13. The van der Waals surface area contributed by atoms with Gasteiger partial charge in [-0.2, -0.15) is 11.8 Å². The van der Waals surface area contributed by atoms with Gasteiger partial charge < -0.3 is 10.5 Å². The molecule has 2 N–H and O–H groups in total. The molecular weight excluding hydrogens is 230 g/mol. The van der Waals surface area contributed by atoms with Crippen LogP contribution in [0.15, 0.2) is 18.2 Å². The molecule has 0 aliphatic carbocycles. The third-order valence-corrected chi connectivity index (χ3v) is 3.60. The van der Waals surface area contributed by atoms with Crippen molar-refractivity contribution in [2.24, 2.45) is 5.73 Å². The van der Waals surface area contributed by atoms with E-state index in [9.17, 15) is 0 Å². The highest BCUT2D eigenvalue weighted by Gasteiger charge is 2.13. The van der Waals surface area contributed by atoms with Gasteiger partial charge in [-0.15, -0.1) is 0 Å². The van der Waals surface area contributed by atoms with Crippen molar-refractivity contribution in [3.8, 4) is 5.75 Å². The van der Waals surface area contributed by atoms with Crippen LogP contribution in [0, 0.1) is 0 Å². The van der Waals surface area contributed by atoms with Gasteiger partial charge in [0.05, 0.1) is 7.11 Å². The van der Waals surface area contributed by atoms with Crippen LogP contribution in [0.25, 0.3) is 0 Å².